The number of Topliss-reactive ketones (excluding diaryl/α,β-unsaturated/α-hetero) is 1. The fourth-order valence-corrected chi connectivity index (χ4v) is 10.9. The lowest BCUT2D eigenvalue weighted by Gasteiger charge is -2.60. The summed E-state index contributed by atoms with van der Waals surface area (Å²) in [4.78, 5) is 39.8. The Balaban J connectivity index is 0.974. The number of hydrogen-bond donors (Lipinski definition) is 2. The van der Waals surface area contributed by atoms with Crippen LogP contribution in [0, 0.1) is 17.8 Å². The minimum atomic E-state index is -1.22. The highest BCUT2D eigenvalue weighted by molar-refractivity contribution is 6.20. The summed E-state index contributed by atoms with van der Waals surface area (Å²) < 4.78 is 30.1. The Morgan fingerprint density at radius 1 is 0.820 bits per heavy atom. The fourth-order valence-electron chi connectivity index (χ4n) is 10.9. The number of nitrogens with one attached hydrogen (secondary N) is 2. The Bertz CT molecular complexity index is 1240. The average molecular weight is 700 g/mol. The van der Waals surface area contributed by atoms with E-state index in [1.807, 2.05) is 6.20 Å². The molecule has 50 heavy (non-hydrogen) atoms. The molecule has 0 bridgehead atoms. The molecular weight excluding hydrogens is 637 g/mol. The van der Waals surface area contributed by atoms with Crippen LogP contribution in [0.3, 0.4) is 0 Å². The second-order valence-electron chi connectivity index (χ2n) is 16.9. The number of fused-ring (bicyclic) bond motifs is 5. The largest absolute Gasteiger partial charge is 0.374 e. The summed E-state index contributed by atoms with van der Waals surface area (Å²) in [7, 11) is 4.32. The van der Waals surface area contributed by atoms with Crippen LogP contribution in [0.1, 0.15) is 57.8 Å². The molecule has 12 heteroatoms. The number of morpholine rings is 1. The van der Waals surface area contributed by atoms with Crippen molar-refractivity contribution in [2.24, 2.45) is 17.8 Å². The van der Waals surface area contributed by atoms with Crippen LogP contribution in [0.5, 0.6) is 0 Å². The number of ether oxygens (including phenoxy) is 2. The molecule has 5 aliphatic heterocycles. The second-order valence-corrected chi connectivity index (χ2v) is 16.9. The molecule has 0 aromatic rings. The lowest BCUT2D eigenvalue weighted by Crippen LogP contribution is -2.73. The van der Waals surface area contributed by atoms with Crippen molar-refractivity contribution in [3.05, 3.63) is 11.8 Å². The van der Waals surface area contributed by atoms with Gasteiger partial charge in [0.25, 0.3) is 5.91 Å². The van der Waals surface area contributed by atoms with Gasteiger partial charge in [0.2, 0.25) is 0 Å². The summed E-state index contributed by atoms with van der Waals surface area (Å²) in [6.45, 7) is 11.7. The number of amides is 1. The Morgan fingerprint density at radius 3 is 2.22 bits per heavy atom. The number of halogens is 1. The average Bonchev–Trinajstić information content (AvgIpc) is 3.48. The van der Waals surface area contributed by atoms with Crippen molar-refractivity contribution < 1.29 is 23.5 Å². The van der Waals surface area contributed by atoms with E-state index in [2.05, 4.69) is 49.2 Å². The molecule has 280 valence electrons. The third-order valence-electron chi connectivity index (χ3n) is 13.9. The smallest absolute Gasteiger partial charge is 0.256 e. The van der Waals surface area contributed by atoms with Gasteiger partial charge in [-0.05, 0) is 90.5 Å². The van der Waals surface area contributed by atoms with E-state index in [-0.39, 0.29) is 48.0 Å². The number of alkyl halides is 1. The molecule has 4 saturated heterocycles. The van der Waals surface area contributed by atoms with Crippen LogP contribution in [0.25, 0.3) is 0 Å². The number of piperazine rings is 2. The maximum Gasteiger partial charge on any atom is 0.256 e. The van der Waals surface area contributed by atoms with E-state index < -0.39 is 24.2 Å². The Labute approximate surface area is 298 Å². The van der Waals surface area contributed by atoms with Crippen molar-refractivity contribution in [3.8, 4) is 0 Å². The molecule has 11 unspecified atom stereocenters. The van der Waals surface area contributed by atoms with Gasteiger partial charge in [0.1, 0.15) is 6.17 Å². The number of nitrogens with zero attached hydrogens (tertiary/aromatic N) is 5. The van der Waals surface area contributed by atoms with Gasteiger partial charge in [0.05, 0.1) is 48.1 Å². The van der Waals surface area contributed by atoms with Gasteiger partial charge in [-0.3, -0.25) is 9.59 Å². The van der Waals surface area contributed by atoms with Crippen molar-refractivity contribution in [1.29, 1.82) is 0 Å². The van der Waals surface area contributed by atoms with E-state index >= 15 is 4.39 Å². The summed E-state index contributed by atoms with van der Waals surface area (Å²) in [6, 6.07) is -0.736. The van der Waals surface area contributed by atoms with Crippen LogP contribution in [-0.4, -0.2) is 178 Å². The van der Waals surface area contributed by atoms with Crippen molar-refractivity contribution in [3.63, 3.8) is 0 Å². The van der Waals surface area contributed by atoms with Crippen LogP contribution in [0.2, 0.25) is 0 Å². The number of carbonyl (C=O) groups is 2. The highest BCUT2D eigenvalue weighted by atomic mass is 19.1. The molecule has 1 amide bonds. The lowest BCUT2D eigenvalue weighted by atomic mass is 9.67. The zero-order valence-corrected chi connectivity index (χ0v) is 30.5. The Hall–Kier alpha value is -1.67. The number of rotatable bonds is 10. The highest BCUT2D eigenvalue weighted by Crippen LogP contribution is 2.52. The molecule has 0 aromatic carbocycles. The summed E-state index contributed by atoms with van der Waals surface area (Å²) in [5.41, 5.74) is 0.194. The molecule has 2 N–H and O–H groups in total. The van der Waals surface area contributed by atoms with E-state index in [4.69, 9.17) is 9.47 Å². The molecule has 3 aliphatic carbocycles. The van der Waals surface area contributed by atoms with Gasteiger partial charge in [0.15, 0.2) is 5.78 Å². The van der Waals surface area contributed by atoms with Crippen molar-refractivity contribution in [1.82, 2.24) is 35.1 Å². The van der Waals surface area contributed by atoms with Crippen molar-refractivity contribution >= 4 is 11.7 Å². The lowest BCUT2D eigenvalue weighted by molar-refractivity contribution is -0.209. The van der Waals surface area contributed by atoms with Crippen LogP contribution in [-0.2, 0) is 19.1 Å². The number of hydrogen-bond acceptors (Lipinski definition) is 10. The van der Waals surface area contributed by atoms with Crippen molar-refractivity contribution in [2.45, 2.75) is 107 Å². The normalized spacial score (nSPS) is 41.2. The van der Waals surface area contributed by atoms with Crippen molar-refractivity contribution in [2.75, 3.05) is 92.6 Å². The first-order valence-corrected chi connectivity index (χ1v) is 20.2. The molecule has 0 spiro atoms. The monoisotopic (exact) mass is 699 g/mol. The molecule has 8 aliphatic rings. The van der Waals surface area contributed by atoms with E-state index in [1.165, 1.54) is 19.3 Å². The molecule has 8 rings (SSSR count). The van der Waals surface area contributed by atoms with Crippen LogP contribution >= 0.6 is 0 Å². The first kappa shape index (κ1) is 35.4. The van der Waals surface area contributed by atoms with Gasteiger partial charge in [-0.25, -0.2) is 4.39 Å². The third kappa shape index (κ3) is 7.16. The van der Waals surface area contributed by atoms with E-state index in [1.54, 1.807) is 0 Å². The maximum atomic E-state index is 16.4. The van der Waals surface area contributed by atoms with Gasteiger partial charge >= 0.3 is 0 Å². The Kier molecular flexibility index (Phi) is 10.9. The Morgan fingerprint density at radius 2 is 1.50 bits per heavy atom. The summed E-state index contributed by atoms with van der Waals surface area (Å²) in [6.07, 6.45) is 9.17. The van der Waals surface area contributed by atoms with Crippen LogP contribution in [0.15, 0.2) is 11.8 Å². The third-order valence-corrected chi connectivity index (χ3v) is 13.9. The predicted molar refractivity (Wildman–Crippen MR) is 189 cm³/mol. The molecule has 11 atom stereocenters. The minimum absolute atomic E-state index is 0.0160. The first-order chi connectivity index (χ1) is 24.3. The number of ketones is 1. The molecule has 11 nitrogen and oxygen atoms in total. The quantitative estimate of drug-likeness (QED) is 0.257. The van der Waals surface area contributed by atoms with E-state index in [9.17, 15) is 9.59 Å². The van der Waals surface area contributed by atoms with Gasteiger partial charge in [-0.1, -0.05) is 12.8 Å². The van der Waals surface area contributed by atoms with Crippen LogP contribution in [0.4, 0.5) is 4.39 Å². The van der Waals surface area contributed by atoms with Gasteiger partial charge < -0.3 is 44.6 Å². The number of carbonyl (C=O) groups excluding carboxylic acids is 2. The maximum absolute atomic E-state index is 16.4. The SMILES string of the molecule is CN1CCN(CCCNC(=O)C2=CN3C4CC5OC6CCCCC6C5CC4OC4C(NCCCN5CCN(C)CC5)C(F)CC(C2=O)C43)CC1. The minimum Gasteiger partial charge on any atom is -0.374 e. The molecule has 3 saturated carbocycles. The number of likely N-dealkylation sites (N-methyl/N-ethyl adjacent to an activating group) is 2. The summed E-state index contributed by atoms with van der Waals surface area (Å²) in [5, 5.41) is 6.67. The first-order valence-electron chi connectivity index (χ1n) is 20.2. The summed E-state index contributed by atoms with van der Waals surface area (Å²) >= 11 is 0. The highest BCUT2D eigenvalue weighted by Gasteiger charge is 2.61. The van der Waals surface area contributed by atoms with E-state index in [0.29, 0.717) is 24.5 Å². The predicted octanol–water partition coefficient (Wildman–Crippen LogP) is 1.33. The molecule has 7 fully saturated rings. The van der Waals surface area contributed by atoms with Gasteiger partial charge in [-0.2, -0.15) is 0 Å². The molecular formula is C38H62FN7O4. The van der Waals surface area contributed by atoms with Gasteiger partial charge in [-0.15, -0.1) is 0 Å². The van der Waals surface area contributed by atoms with E-state index in [0.717, 1.165) is 104 Å². The topological polar surface area (TPSA) is 92.9 Å². The fraction of sp³-hybridized carbons (Fsp3) is 0.895. The molecule has 0 radical (unpaired) electrons. The van der Waals surface area contributed by atoms with Gasteiger partial charge in [0, 0.05) is 71.0 Å². The standard InChI is InChI=1S/C38H62FN7O4/c1-42-13-17-44(18-14-42)11-5-9-40-34-29(39)21-27-35-37(34)50-33-22-26-25-7-3-4-8-31(25)49-32(26)23-30(33)46(35)24-28(36(27)47)38(48)41-10-6-12-45-19-15-43(2)16-20-45/h24-27,29-35,37,40H,3-23H2,1-2H3,(H,41,48). The molecule has 0 aromatic heterocycles. The summed E-state index contributed by atoms with van der Waals surface area (Å²) in [5.74, 6) is -0.0868. The molecule has 5 heterocycles. The zero-order chi connectivity index (χ0) is 34.4. The second kappa shape index (κ2) is 15.4. The zero-order valence-electron chi connectivity index (χ0n) is 30.5. The van der Waals surface area contributed by atoms with Crippen LogP contribution < -0.4 is 10.6 Å².